The standard InChI is InChI=1S/C15H25N3/c1-11(2)13(10-16-3)15-17-9-8-14(18-15)12-6-4-5-7-12/h8-9,11-13,16H,4-7,10H2,1-3H3. The van der Waals surface area contributed by atoms with Crippen LogP contribution < -0.4 is 5.32 Å². The van der Waals surface area contributed by atoms with Gasteiger partial charge in [-0.3, -0.25) is 0 Å². The molecule has 1 atom stereocenters. The van der Waals surface area contributed by atoms with Crippen LogP contribution in [0.5, 0.6) is 0 Å². The largest absolute Gasteiger partial charge is 0.319 e. The first-order valence-corrected chi connectivity index (χ1v) is 7.19. The third-order valence-electron chi connectivity index (χ3n) is 4.03. The average Bonchev–Trinajstić information content (AvgIpc) is 2.89. The fourth-order valence-electron chi connectivity index (χ4n) is 2.86. The summed E-state index contributed by atoms with van der Waals surface area (Å²) in [4.78, 5) is 9.34. The lowest BCUT2D eigenvalue weighted by atomic mass is 9.94. The van der Waals surface area contributed by atoms with Crippen molar-refractivity contribution in [1.29, 1.82) is 0 Å². The molecule has 100 valence electrons. The Morgan fingerprint density at radius 3 is 2.67 bits per heavy atom. The molecule has 0 amide bonds. The molecule has 2 rings (SSSR count). The minimum Gasteiger partial charge on any atom is -0.319 e. The number of hydrogen-bond donors (Lipinski definition) is 1. The van der Waals surface area contributed by atoms with Crippen LogP contribution in [0.1, 0.15) is 62.9 Å². The quantitative estimate of drug-likeness (QED) is 0.869. The lowest BCUT2D eigenvalue weighted by molar-refractivity contribution is 0.454. The second-order valence-corrected chi connectivity index (χ2v) is 5.73. The molecule has 0 aromatic carbocycles. The lowest BCUT2D eigenvalue weighted by Gasteiger charge is -2.20. The molecule has 3 heteroatoms. The summed E-state index contributed by atoms with van der Waals surface area (Å²) in [5.74, 6) is 2.67. The van der Waals surface area contributed by atoms with E-state index in [1.54, 1.807) is 0 Å². The van der Waals surface area contributed by atoms with Gasteiger partial charge in [-0.25, -0.2) is 9.97 Å². The van der Waals surface area contributed by atoms with Gasteiger partial charge >= 0.3 is 0 Å². The summed E-state index contributed by atoms with van der Waals surface area (Å²) < 4.78 is 0. The second kappa shape index (κ2) is 6.28. The molecule has 0 aliphatic heterocycles. The van der Waals surface area contributed by atoms with Gasteiger partial charge in [0, 0.05) is 30.3 Å². The highest BCUT2D eigenvalue weighted by Gasteiger charge is 2.22. The summed E-state index contributed by atoms with van der Waals surface area (Å²) in [5, 5.41) is 3.26. The molecule has 1 aliphatic rings. The third-order valence-corrected chi connectivity index (χ3v) is 4.03. The first kappa shape index (κ1) is 13.5. The summed E-state index contributed by atoms with van der Waals surface area (Å²) in [7, 11) is 2.00. The lowest BCUT2D eigenvalue weighted by Crippen LogP contribution is -2.23. The van der Waals surface area contributed by atoms with Crippen LogP contribution in [0.15, 0.2) is 12.3 Å². The Balaban J connectivity index is 2.18. The van der Waals surface area contributed by atoms with E-state index in [-0.39, 0.29) is 0 Å². The van der Waals surface area contributed by atoms with E-state index >= 15 is 0 Å². The molecular weight excluding hydrogens is 222 g/mol. The monoisotopic (exact) mass is 247 g/mol. The molecule has 0 bridgehead atoms. The Morgan fingerprint density at radius 2 is 2.06 bits per heavy atom. The Labute approximate surface area is 110 Å². The van der Waals surface area contributed by atoms with Gasteiger partial charge in [0.2, 0.25) is 0 Å². The summed E-state index contributed by atoms with van der Waals surface area (Å²) >= 11 is 0. The van der Waals surface area contributed by atoms with Crippen molar-refractivity contribution in [3.05, 3.63) is 23.8 Å². The molecule has 1 fully saturated rings. The predicted molar refractivity (Wildman–Crippen MR) is 74.7 cm³/mol. The molecule has 1 aromatic rings. The molecule has 1 heterocycles. The molecular formula is C15H25N3. The van der Waals surface area contributed by atoms with Crippen LogP contribution in [0.2, 0.25) is 0 Å². The molecule has 1 N–H and O–H groups in total. The second-order valence-electron chi connectivity index (χ2n) is 5.73. The Bertz CT molecular complexity index is 370. The smallest absolute Gasteiger partial charge is 0.133 e. The summed E-state index contributed by atoms with van der Waals surface area (Å²) in [6.45, 7) is 5.44. The number of aromatic nitrogens is 2. The van der Waals surface area contributed by atoms with Crippen molar-refractivity contribution in [3.63, 3.8) is 0 Å². The summed E-state index contributed by atoms with van der Waals surface area (Å²) in [5.41, 5.74) is 1.26. The van der Waals surface area contributed by atoms with Crippen molar-refractivity contribution < 1.29 is 0 Å². The first-order chi connectivity index (χ1) is 8.72. The molecule has 3 nitrogen and oxygen atoms in total. The number of nitrogens with zero attached hydrogens (tertiary/aromatic N) is 2. The molecule has 1 aromatic heterocycles. The normalized spacial score (nSPS) is 18.4. The third kappa shape index (κ3) is 3.08. The number of nitrogens with one attached hydrogen (secondary N) is 1. The van der Waals surface area contributed by atoms with Crippen molar-refractivity contribution in [3.8, 4) is 0 Å². The van der Waals surface area contributed by atoms with Gasteiger partial charge in [-0.15, -0.1) is 0 Å². The molecule has 0 radical (unpaired) electrons. The Kier molecular flexibility index (Phi) is 4.70. The van der Waals surface area contributed by atoms with E-state index in [0.717, 1.165) is 12.4 Å². The van der Waals surface area contributed by atoms with E-state index in [1.807, 2.05) is 13.2 Å². The van der Waals surface area contributed by atoms with E-state index in [2.05, 4.69) is 30.2 Å². The minimum absolute atomic E-state index is 0.413. The minimum atomic E-state index is 0.413. The molecule has 18 heavy (non-hydrogen) atoms. The fraction of sp³-hybridized carbons (Fsp3) is 0.733. The highest BCUT2D eigenvalue weighted by atomic mass is 14.9. The zero-order valence-corrected chi connectivity index (χ0v) is 11.8. The SMILES string of the molecule is CNCC(c1nccc(C2CCCC2)n1)C(C)C. The van der Waals surface area contributed by atoms with E-state index in [1.165, 1.54) is 31.4 Å². The Hall–Kier alpha value is -0.960. The van der Waals surface area contributed by atoms with Crippen LogP contribution in [0.3, 0.4) is 0 Å². The topological polar surface area (TPSA) is 37.8 Å². The maximum Gasteiger partial charge on any atom is 0.133 e. The van der Waals surface area contributed by atoms with Crippen LogP contribution >= 0.6 is 0 Å². The van der Waals surface area contributed by atoms with E-state index < -0.39 is 0 Å². The van der Waals surface area contributed by atoms with Crippen LogP contribution in [0, 0.1) is 5.92 Å². The van der Waals surface area contributed by atoms with Crippen molar-refractivity contribution in [2.45, 2.75) is 51.4 Å². The zero-order valence-electron chi connectivity index (χ0n) is 11.8. The number of hydrogen-bond acceptors (Lipinski definition) is 3. The van der Waals surface area contributed by atoms with Crippen molar-refractivity contribution in [2.24, 2.45) is 5.92 Å². The van der Waals surface area contributed by atoms with Gasteiger partial charge in [0.25, 0.3) is 0 Å². The van der Waals surface area contributed by atoms with Crippen LogP contribution in [-0.4, -0.2) is 23.6 Å². The Morgan fingerprint density at radius 1 is 1.33 bits per heavy atom. The number of rotatable bonds is 5. The zero-order chi connectivity index (χ0) is 13.0. The molecule has 1 aliphatic carbocycles. The van der Waals surface area contributed by atoms with Crippen LogP contribution in [-0.2, 0) is 0 Å². The molecule has 0 saturated heterocycles. The van der Waals surface area contributed by atoms with E-state index in [0.29, 0.717) is 17.8 Å². The maximum atomic E-state index is 4.84. The summed E-state index contributed by atoms with van der Waals surface area (Å²) in [6.07, 6.45) is 7.26. The van der Waals surface area contributed by atoms with Gasteiger partial charge in [0.15, 0.2) is 0 Å². The summed E-state index contributed by atoms with van der Waals surface area (Å²) in [6, 6.07) is 2.11. The average molecular weight is 247 g/mol. The van der Waals surface area contributed by atoms with Gasteiger partial charge in [0.1, 0.15) is 5.82 Å². The molecule has 0 spiro atoms. The van der Waals surface area contributed by atoms with Gasteiger partial charge in [0.05, 0.1) is 0 Å². The van der Waals surface area contributed by atoms with Crippen molar-refractivity contribution >= 4 is 0 Å². The predicted octanol–water partition coefficient (Wildman–Crippen LogP) is 3.09. The van der Waals surface area contributed by atoms with Gasteiger partial charge in [-0.1, -0.05) is 26.7 Å². The molecule has 1 saturated carbocycles. The van der Waals surface area contributed by atoms with E-state index in [4.69, 9.17) is 4.98 Å². The van der Waals surface area contributed by atoms with Gasteiger partial charge in [-0.05, 0) is 31.9 Å². The first-order valence-electron chi connectivity index (χ1n) is 7.19. The van der Waals surface area contributed by atoms with Crippen molar-refractivity contribution in [1.82, 2.24) is 15.3 Å². The van der Waals surface area contributed by atoms with Gasteiger partial charge in [-0.2, -0.15) is 0 Å². The van der Waals surface area contributed by atoms with Crippen molar-refractivity contribution in [2.75, 3.05) is 13.6 Å². The van der Waals surface area contributed by atoms with Gasteiger partial charge < -0.3 is 5.32 Å². The molecule has 1 unspecified atom stereocenters. The van der Waals surface area contributed by atoms with E-state index in [9.17, 15) is 0 Å². The highest BCUT2D eigenvalue weighted by Crippen LogP contribution is 2.33. The number of likely N-dealkylation sites (N-methyl/N-ethyl adjacent to an activating group) is 1. The maximum absolute atomic E-state index is 4.84. The van der Waals surface area contributed by atoms with Crippen LogP contribution in [0.25, 0.3) is 0 Å². The fourth-order valence-corrected chi connectivity index (χ4v) is 2.86. The highest BCUT2D eigenvalue weighted by molar-refractivity contribution is 5.12. The van der Waals surface area contributed by atoms with Crippen LogP contribution in [0.4, 0.5) is 0 Å².